The molecule has 2 aromatic rings. The first-order chi connectivity index (χ1) is 12.0. The van der Waals surface area contributed by atoms with E-state index in [2.05, 4.69) is 5.32 Å². The minimum absolute atomic E-state index is 0.0340. The van der Waals surface area contributed by atoms with Gasteiger partial charge in [-0.05, 0) is 49.2 Å². The topological polar surface area (TPSA) is 49.4 Å². The van der Waals surface area contributed by atoms with Gasteiger partial charge in [-0.2, -0.15) is 0 Å². The van der Waals surface area contributed by atoms with Crippen LogP contribution in [0.1, 0.15) is 41.7 Å². The van der Waals surface area contributed by atoms with Crippen molar-refractivity contribution in [2.45, 2.75) is 25.8 Å². The van der Waals surface area contributed by atoms with Gasteiger partial charge in [-0.1, -0.05) is 35.3 Å². The van der Waals surface area contributed by atoms with Gasteiger partial charge in [-0.15, -0.1) is 0 Å². The molecule has 1 aliphatic rings. The normalized spacial score (nSPS) is 15.3. The molecule has 130 valence electrons. The van der Waals surface area contributed by atoms with Crippen molar-refractivity contribution in [3.63, 3.8) is 0 Å². The van der Waals surface area contributed by atoms with Crippen molar-refractivity contribution in [2.75, 3.05) is 11.4 Å². The number of carbonyl (C=O) groups excluding carboxylic acids is 2. The van der Waals surface area contributed by atoms with Crippen molar-refractivity contribution in [1.29, 1.82) is 0 Å². The van der Waals surface area contributed by atoms with E-state index in [1.807, 2.05) is 25.1 Å². The van der Waals surface area contributed by atoms with Crippen molar-refractivity contribution >= 4 is 40.7 Å². The van der Waals surface area contributed by atoms with Crippen LogP contribution in [0, 0.1) is 0 Å². The van der Waals surface area contributed by atoms with Crippen LogP contribution in [0.15, 0.2) is 42.5 Å². The van der Waals surface area contributed by atoms with E-state index >= 15 is 0 Å². The van der Waals surface area contributed by atoms with E-state index in [9.17, 15) is 9.59 Å². The Morgan fingerprint density at radius 1 is 1.20 bits per heavy atom. The van der Waals surface area contributed by atoms with Crippen LogP contribution in [0.25, 0.3) is 0 Å². The highest BCUT2D eigenvalue weighted by Crippen LogP contribution is 2.30. The highest BCUT2D eigenvalue weighted by Gasteiger charge is 2.24. The molecule has 4 nitrogen and oxygen atoms in total. The largest absolute Gasteiger partial charge is 0.346 e. The molecule has 0 aromatic heterocycles. The van der Waals surface area contributed by atoms with E-state index in [1.165, 1.54) is 0 Å². The summed E-state index contributed by atoms with van der Waals surface area (Å²) in [6.07, 6.45) is 1.32. The Morgan fingerprint density at radius 2 is 2.00 bits per heavy atom. The van der Waals surface area contributed by atoms with E-state index < -0.39 is 0 Å². The van der Waals surface area contributed by atoms with Gasteiger partial charge in [-0.25, -0.2) is 0 Å². The molecule has 1 fully saturated rings. The molecule has 3 rings (SSSR count). The Morgan fingerprint density at radius 3 is 2.68 bits per heavy atom. The summed E-state index contributed by atoms with van der Waals surface area (Å²) in [6, 6.07) is 12.2. The maximum absolute atomic E-state index is 12.6. The molecule has 0 spiro atoms. The van der Waals surface area contributed by atoms with Crippen LogP contribution in [0.2, 0.25) is 10.0 Å². The molecule has 2 aromatic carbocycles. The van der Waals surface area contributed by atoms with Crippen LogP contribution in [0.3, 0.4) is 0 Å². The number of hydrogen-bond donors (Lipinski definition) is 1. The van der Waals surface area contributed by atoms with E-state index in [1.54, 1.807) is 29.2 Å². The maximum Gasteiger partial charge on any atom is 0.251 e. The summed E-state index contributed by atoms with van der Waals surface area (Å²) in [5.41, 5.74) is 1.98. The predicted octanol–water partition coefficient (Wildman–Crippen LogP) is 4.61. The standard InChI is InChI=1S/C19H18Cl2N2O2/c1-12(13-4-2-5-15(20)10-13)22-19(25)14-7-8-16(21)17(11-14)23-9-3-6-18(23)24/h2,4-5,7-8,10-12H,3,6,9H2,1H3,(H,22,25)/t12-/m1/s1. The van der Waals surface area contributed by atoms with E-state index in [4.69, 9.17) is 23.2 Å². The fraction of sp³-hybridized carbons (Fsp3) is 0.263. The smallest absolute Gasteiger partial charge is 0.251 e. The third kappa shape index (κ3) is 3.97. The number of carbonyl (C=O) groups is 2. The van der Waals surface area contributed by atoms with Gasteiger partial charge >= 0.3 is 0 Å². The highest BCUT2D eigenvalue weighted by atomic mass is 35.5. The number of nitrogens with one attached hydrogen (secondary N) is 1. The number of nitrogens with zero attached hydrogens (tertiary/aromatic N) is 1. The third-order valence-electron chi connectivity index (χ3n) is 4.27. The van der Waals surface area contributed by atoms with Gasteiger partial charge in [0.15, 0.2) is 0 Å². The third-order valence-corrected chi connectivity index (χ3v) is 4.82. The van der Waals surface area contributed by atoms with Crippen molar-refractivity contribution in [3.05, 3.63) is 63.6 Å². The van der Waals surface area contributed by atoms with Gasteiger partial charge in [0, 0.05) is 23.6 Å². The van der Waals surface area contributed by atoms with Crippen LogP contribution in [0.5, 0.6) is 0 Å². The molecule has 25 heavy (non-hydrogen) atoms. The molecule has 1 heterocycles. The number of halogens is 2. The second-order valence-electron chi connectivity index (χ2n) is 6.07. The van der Waals surface area contributed by atoms with Crippen molar-refractivity contribution in [2.24, 2.45) is 0 Å². The summed E-state index contributed by atoms with van der Waals surface area (Å²) in [7, 11) is 0. The van der Waals surface area contributed by atoms with Crippen molar-refractivity contribution in [3.8, 4) is 0 Å². The van der Waals surface area contributed by atoms with Gasteiger partial charge in [0.25, 0.3) is 5.91 Å². The molecular weight excluding hydrogens is 359 g/mol. The van der Waals surface area contributed by atoms with E-state index in [-0.39, 0.29) is 17.9 Å². The first-order valence-corrected chi connectivity index (χ1v) is 8.87. The molecule has 1 atom stereocenters. The maximum atomic E-state index is 12.6. The number of rotatable bonds is 4. The SMILES string of the molecule is C[C@@H](NC(=O)c1ccc(Cl)c(N2CCCC2=O)c1)c1cccc(Cl)c1. The summed E-state index contributed by atoms with van der Waals surface area (Å²) in [5.74, 6) is -0.191. The lowest BCUT2D eigenvalue weighted by atomic mass is 10.1. The zero-order valence-electron chi connectivity index (χ0n) is 13.8. The second kappa shape index (κ2) is 7.46. The number of amides is 2. The molecule has 0 saturated carbocycles. The predicted molar refractivity (Wildman–Crippen MR) is 100 cm³/mol. The monoisotopic (exact) mass is 376 g/mol. The van der Waals surface area contributed by atoms with E-state index in [0.717, 1.165) is 12.0 Å². The molecule has 1 aliphatic heterocycles. The molecular formula is C19H18Cl2N2O2. The van der Waals surface area contributed by atoms with Crippen LogP contribution in [-0.2, 0) is 4.79 Å². The lowest BCUT2D eigenvalue weighted by molar-refractivity contribution is -0.117. The van der Waals surface area contributed by atoms with Gasteiger partial charge in [-0.3, -0.25) is 9.59 Å². The quantitative estimate of drug-likeness (QED) is 0.846. The Labute approximate surface area is 156 Å². The molecule has 1 N–H and O–H groups in total. The number of hydrogen-bond acceptors (Lipinski definition) is 2. The van der Waals surface area contributed by atoms with Crippen LogP contribution in [-0.4, -0.2) is 18.4 Å². The Kier molecular flexibility index (Phi) is 5.30. The minimum Gasteiger partial charge on any atom is -0.346 e. The Hall–Kier alpha value is -2.04. The fourth-order valence-corrected chi connectivity index (χ4v) is 3.32. The lowest BCUT2D eigenvalue weighted by Crippen LogP contribution is -2.28. The Bertz CT molecular complexity index is 823. The molecule has 0 unspecified atom stereocenters. The molecule has 0 aliphatic carbocycles. The zero-order chi connectivity index (χ0) is 18.0. The average Bonchev–Trinajstić information content (AvgIpc) is 3.01. The lowest BCUT2D eigenvalue weighted by Gasteiger charge is -2.19. The summed E-state index contributed by atoms with van der Waals surface area (Å²) in [6.45, 7) is 2.52. The van der Waals surface area contributed by atoms with Crippen LogP contribution >= 0.6 is 23.2 Å². The second-order valence-corrected chi connectivity index (χ2v) is 6.91. The molecule has 0 radical (unpaired) electrons. The first-order valence-electron chi connectivity index (χ1n) is 8.12. The van der Waals surface area contributed by atoms with Gasteiger partial charge in [0.1, 0.15) is 0 Å². The summed E-state index contributed by atoms with van der Waals surface area (Å²) in [5, 5.41) is 4.04. The van der Waals surface area contributed by atoms with Gasteiger partial charge < -0.3 is 10.2 Å². The molecule has 1 saturated heterocycles. The van der Waals surface area contributed by atoms with Gasteiger partial charge in [0.05, 0.1) is 16.8 Å². The molecule has 6 heteroatoms. The average molecular weight is 377 g/mol. The van der Waals surface area contributed by atoms with Gasteiger partial charge in [0.2, 0.25) is 5.91 Å². The summed E-state index contributed by atoms with van der Waals surface area (Å²) < 4.78 is 0. The zero-order valence-corrected chi connectivity index (χ0v) is 15.3. The number of anilines is 1. The fourth-order valence-electron chi connectivity index (χ4n) is 2.90. The Balaban J connectivity index is 1.79. The molecule has 2 amide bonds. The minimum atomic E-state index is -0.225. The number of benzene rings is 2. The highest BCUT2D eigenvalue weighted by molar-refractivity contribution is 6.34. The summed E-state index contributed by atoms with van der Waals surface area (Å²) >= 11 is 12.2. The van der Waals surface area contributed by atoms with Crippen molar-refractivity contribution in [1.82, 2.24) is 5.32 Å². The first kappa shape index (κ1) is 17.8. The molecule has 0 bridgehead atoms. The van der Waals surface area contributed by atoms with E-state index in [0.29, 0.717) is 34.3 Å². The van der Waals surface area contributed by atoms with Crippen molar-refractivity contribution < 1.29 is 9.59 Å². The summed E-state index contributed by atoms with van der Waals surface area (Å²) in [4.78, 5) is 26.2. The van der Waals surface area contributed by atoms with Crippen LogP contribution < -0.4 is 10.2 Å². The van der Waals surface area contributed by atoms with Crippen LogP contribution in [0.4, 0.5) is 5.69 Å².